The highest BCUT2D eigenvalue weighted by Gasteiger charge is 2.35. The Hall–Kier alpha value is -3.14. The van der Waals surface area contributed by atoms with Crippen molar-refractivity contribution in [1.82, 2.24) is 14.7 Å². The van der Waals surface area contributed by atoms with E-state index in [1.165, 1.54) is 18.0 Å². The van der Waals surface area contributed by atoms with Gasteiger partial charge in [0.1, 0.15) is 17.9 Å². The molecule has 6 nitrogen and oxygen atoms in total. The van der Waals surface area contributed by atoms with Crippen LogP contribution in [0.4, 0.5) is 13.2 Å². The highest BCUT2D eigenvalue weighted by molar-refractivity contribution is 7.17. The Morgan fingerprint density at radius 2 is 1.87 bits per heavy atom. The van der Waals surface area contributed by atoms with E-state index in [2.05, 4.69) is 5.10 Å². The van der Waals surface area contributed by atoms with Crippen LogP contribution in [0.15, 0.2) is 48.5 Å². The first-order valence-electron chi connectivity index (χ1n) is 9.39. The van der Waals surface area contributed by atoms with Crippen molar-refractivity contribution < 1.29 is 27.5 Å². The normalized spacial score (nSPS) is 11.4. The lowest BCUT2D eigenvalue weighted by Gasteiger charge is -2.21. The quantitative estimate of drug-likeness (QED) is 0.501. The van der Waals surface area contributed by atoms with Crippen molar-refractivity contribution in [2.75, 3.05) is 13.2 Å². The first-order valence-corrected chi connectivity index (χ1v) is 10.2. The van der Waals surface area contributed by atoms with Gasteiger partial charge in [0.2, 0.25) is 0 Å². The molecule has 0 unspecified atom stereocenters. The van der Waals surface area contributed by atoms with E-state index >= 15 is 0 Å². The standard InChI is InChI=1S/C21H20F3N3O3S/c1-3-30-19(28)13-27(12-14-7-5-4-6-8-14)20(29)17-10-9-16(31-17)15-11-18(21(22,23)24)26(2)25-15/h4-11H,3,12-13H2,1-2H3. The summed E-state index contributed by atoms with van der Waals surface area (Å²) in [4.78, 5) is 27.2. The van der Waals surface area contributed by atoms with E-state index < -0.39 is 23.7 Å². The number of halogens is 3. The maximum atomic E-state index is 13.1. The molecular formula is C21H20F3N3O3S. The van der Waals surface area contributed by atoms with Gasteiger partial charge in [-0.15, -0.1) is 11.3 Å². The lowest BCUT2D eigenvalue weighted by atomic mass is 10.2. The van der Waals surface area contributed by atoms with Crippen molar-refractivity contribution in [3.05, 3.63) is 64.7 Å². The molecule has 1 amide bonds. The fourth-order valence-corrected chi connectivity index (χ4v) is 3.89. The molecule has 0 atom stereocenters. The molecule has 0 bridgehead atoms. The van der Waals surface area contributed by atoms with Crippen molar-refractivity contribution in [3.8, 4) is 10.6 Å². The number of carbonyl (C=O) groups is 2. The van der Waals surface area contributed by atoms with Gasteiger partial charge in [0.25, 0.3) is 5.91 Å². The predicted octanol–water partition coefficient (Wildman–Crippen LogP) is 4.37. The molecule has 3 rings (SSSR count). The SMILES string of the molecule is CCOC(=O)CN(Cc1ccccc1)C(=O)c1ccc(-c2cc(C(F)(F)F)n(C)n2)s1. The van der Waals surface area contributed by atoms with E-state index in [0.29, 0.717) is 4.88 Å². The number of ether oxygens (including phenoxy) is 1. The molecule has 31 heavy (non-hydrogen) atoms. The van der Waals surface area contributed by atoms with Gasteiger partial charge in [-0.2, -0.15) is 18.3 Å². The summed E-state index contributed by atoms with van der Waals surface area (Å²) in [6.07, 6.45) is -4.53. The summed E-state index contributed by atoms with van der Waals surface area (Å²) in [6, 6.07) is 13.2. The zero-order valence-corrected chi connectivity index (χ0v) is 17.7. The van der Waals surface area contributed by atoms with Crippen LogP contribution in [-0.4, -0.2) is 39.7 Å². The highest BCUT2D eigenvalue weighted by atomic mass is 32.1. The molecular weight excluding hydrogens is 431 g/mol. The van der Waals surface area contributed by atoms with Crippen LogP contribution in [0.3, 0.4) is 0 Å². The smallest absolute Gasteiger partial charge is 0.433 e. The van der Waals surface area contributed by atoms with E-state index in [9.17, 15) is 22.8 Å². The van der Waals surface area contributed by atoms with Crippen molar-refractivity contribution in [1.29, 1.82) is 0 Å². The molecule has 0 aliphatic rings. The number of thiophene rings is 1. The van der Waals surface area contributed by atoms with Gasteiger partial charge in [0.05, 0.1) is 16.4 Å². The average molecular weight is 451 g/mol. The number of nitrogens with zero attached hydrogens (tertiary/aromatic N) is 3. The Morgan fingerprint density at radius 3 is 2.48 bits per heavy atom. The molecule has 0 saturated heterocycles. The van der Waals surface area contributed by atoms with E-state index in [1.807, 2.05) is 30.3 Å². The number of hydrogen-bond acceptors (Lipinski definition) is 5. The number of carbonyl (C=O) groups excluding carboxylic acids is 2. The minimum Gasteiger partial charge on any atom is -0.465 e. The highest BCUT2D eigenvalue weighted by Crippen LogP contribution is 2.34. The summed E-state index contributed by atoms with van der Waals surface area (Å²) in [5.74, 6) is -0.955. The van der Waals surface area contributed by atoms with Gasteiger partial charge < -0.3 is 9.64 Å². The monoisotopic (exact) mass is 451 g/mol. The van der Waals surface area contributed by atoms with Gasteiger partial charge >= 0.3 is 12.1 Å². The first-order chi connectivity index (χ1) is 14.7. The Labute approximate surface area is 180 Å². The Balaban J connectivity index is 1.85. The molecule has 164 valence electrons. The second kappa shape index (κ2) is 9.34. The first kappa shape index (κ1) is 22.5. The molecule has 3 aromatic rings. The summed E-state index contributed by atoms with van der Waals surface area (Å²) in [5.41, 5.74) is 0.0761. The molecule has 2 heterocycles. The maximum absolute atomic E-state index is 13.1. The topological polar surface area (TPSA) is 64.4 Å². The second-order valence-corrected chi connectivity index (χ2v) is 7.74. The fraction of sp³-hybridized carbons (Fsp3) is 0.286. The maximum Gasteiger partial charge on any atom is 0.433 e. The predicted molar refractivity (Wildman–Crippen MR) is 109 cm³/mol. The van der Waals surface area contributed by atoms with Gasteiger partial charge in [-0.05, 0) is 30.7 Å². The third-order valence-electron chi connectivity index (χ3n) is 4.37. The van der Waals surface area contributed by atoms with Gasteiger partial charge in [-0.25, -0.2) is 0 Å². The third-order valence-corrected chi connectivity index (χ3v) is 5.46. The third kappa shape index (κ3) is 5.52. The van der Waals surface area contributed by atoms with Gasteiger partial charge in [-0.1, -0.05) is 30.3 Å². The summed E-state index contributed by atoms with van der Waals surface area (Å²) in [6.45, 7) is 1.82. The summed E-state index contributed by atoms with van der Waals surface area (Å²) in [5, 5.41) is 3.91. The molecule has 10 heteroatoms. The average Bonchev–Trinajstić information content (AvgIpc) is 3.34. The number of benzene rings is 1. The van der Waals surface area contributed by atoms with Crippen LogP contribution in [0.1, 0.15) is 27.9 Å². The molecule has 0 aliphatic heterocycles. The molecule has 0 saturated carbocycles. The fourth-order valence-electron chi connectivity index (χ4n) is 2.97. The number of aromatic nitrogens is 2. The molecule has 0 radical (unpaired) electrons. The van der Waals surface area contributed by atoms with E-state index in [0.717, 1.165) is 27.6 Å². The van der Waals surface area contributed by atoms with Gasteiger partial charge in [-0.3, -0.25) is 14.3 Å². The van der Waals surface area contributed by atoms with Gasteiger partial charge in [0, 0.05) is 13.6 Å². The largest absolute Gasteiger partial charge is 0.465 e. The number of amides is 1. The zero-order valence-electron chi connectivity index (χ0n) is 16.8. The molecule has 0 spiro atoms. The molecule has 0 N–H and O–H groups in total. The van der Waals surface area contributed by atoms with Crippen LogP contribution < -0.4 is 0 Å². The van der Waals surface area contributed by atoms with Crippen molar-refractivity contribution in [2.45, 2.75) is 19.6 Å². The Morgan fingerprint density at radius 1 is 1.16 bits per heavy atom. The van der Waals surface area contributed by atoms with Gasteiger partial charge in [0.15, 0.2) is 0 Å². The summed E-state index contributed by atoms with van der Waals surface area (Å²) in [7, 11) is 1.22. The zero-order chi connectivity index (χ0) is 22.6. The number of hydrogen-bond donors (Lipinski definition) is 0. The van der Waals surface area contributed by atoms with E-state index in [-0.39, 0.29) is 30.3 Å². The van der Waals surface area contributed by atoms with Crippen LogP contribution in [0.2, 0.25) is 0 Å². The van der Waals surface area contributed by atoms with Crippen LogP contribution in [0.5, 0.6) is 0 Å². The minimum absolute atomic E-state index is 0.124. The summed E-state index contributed by atoms with van der Waals surface area (Å²) >= 11 is 1.02. The van der Waals surface area contributed by atoms with Crippen LogP contribution in [-0.2, 0) is 29.3 Å². The minimum atomic E-state index is -4.53. The lowest BCUT2D eigenvalue weighted by Crippen LogP contribution is -2.35. The molecule has 0 fully saturated rings. The van der Waals surface area contributed by atoms with Crippen LogP contribution in [0, 0.1) is 0 Å². The van der Waals surface area contributed by atoms with E-state index in [1.54, 1.807) is 13.0 Å². The van der Waals surface area contributed by atoms with E-state index in [4.69, 9.17) is 4.74 Å². The number of esters is 1. The molecule has 0 aliphatic carbocycles. The van der Waals surface area contributed by atoms with Crippen LogP contribution in [0.25, 0.3) is 10.6 Å². The molecule has 1 aromatic carbocycles. The lowest BCUT2D eigenvalue weighted by molar-refractivity contribution is -0.144. The Bertz CT molecular complexity index is 1060. The molecule has 2 aromatic heterocycles. The van der Waals surface area contributed by atoms with Crippen molar-refractivity contribution in [3.63, 3.8) is 0 Å². The van der Waals surface area contributed by atoms with Crippen molar-refractivity contribution in [2.24, 2.45) is 7.05 Å². The second-order valence-electron chi connectivity index (χ2n) is 6.65. The number of alkyl halides is 3. The number of rotatable bonds is 7. The van der Waals surface area contributed by atoms with Crippen molar-refractivity contribution >= 4 is 23.2 Å². The number of aryl methyl sites for hydroxylation is 1. The van der Waals surface area contributed by atoms with Crippen LogP contribution >= 0.6 is 11.3 Å². The summed E-state index contributed by atoms with van der Waals surface area (Å²) < 4.78 is 44.9. The Kier molecular flexibility index (Phi) is 6.79.